The van der Waals surface area contributed by atoms with Crippen LogP contribution in [0.25, 0.3) is 11.0 Å². The van der Waals surface area contributed by atoms with E-state index in [9.17, 15) is 9.18 Å². The normalized spacial score (nSPS) is 11.2. The maximum absolute atomic E-state index is 13.7. The number of pyridine rings is 1. The van der Waals surface area contributed by atoms with Crippen molar-refractivity contribution in [3.8, 4) is 0 Å². The summed E-state index contributed by atoms with van der Waals surface area (Å²) >= 11 is 1.41. The molecular formula is C23H24FN5OS. The van der Waals surface area contributed by atoms with Crippen molar-refractivity contribution in [3.05, 3.63) is 75.5 Å². The molecule has 0 radical (unpaired) electrons. The van der Waals surface area contributed by atoms with Crippen molar-refractivity contribution in [1.29, 1.82) is 0 Å². The van der Waals surface area contributed by atoms with Crippen molar-refractivity contribution in [1.82, 2.24) is 25.3 Å². The van der Waals surface area contributed by atoms with Crippen molar-refractivity contribution < 1.29 is 9.18 Å². The monoisotopic (exact) mass is 437 g/mol. The average molecular weight is 438 g/mol. The lowest BCUT2D eigenvalue weighted by Gasteiger charge is -2.04. The zero-order valence-electron chi connectivity index (χ0n) is 17.3. The Bertz CT molecular complexity index is 1150. The van der Waals surface area contributed by atoms with Gasteiger partial charge in [0.15, 0.2) is 0 Å². The van der Waals surface area contributed by atoms with Gasteiger partial charge in [0.1, 0.15) is 16.5 Å². The van der Waals surface area contributed by atoms with Crippen molar-refractivity contribution in [2.45, 2.75) is 45.6 Å². The van der Waals surface area contributed by atoms with Gasteiger partial charge in [-0.3, -0.25) is 9.78 Å². The molecule has 1 aromatic carbocycles. The number of amides is 1. The molecule has 1 amide bonds. The van der Waals surface area contributed by atoms with Crippen LogP contribution < -0.4 is 5.32 Å². The van der Waals surface area contributed by atoms with E-state index in [1.54, 1.807) is 0 Å². The number of fused-ring (bicyclic) bond motifs is 1. The van der Waals surface area contributed by atoms with E-state index in [0.29, 0.717) is 10.6 Å². The molecule has 0 bridgehead atoms. The van der Waals surface area contributed by atoms with Gasteiger partial charge in [-0.2, -0.15) is 0 Å². The number of thiazole rings is 1. The number of para-hydroxylation sites is 2. The summed E-state index contributed by atoms with van der Waals surface area (Å²) < 4.78 is 13.7. The summed E-state index contributed by atoms with van der Waals surface area (Å²) in [5, 5.41) is 3.69. The van der Waals surface area contributed by atoms with Gasteiger partial charge in [0.2, 0.25) is 0 Å². The van der Waals surface area contributed by atoms with E-state index in [-0.39, 0.29) is 18.1 Å². The molecule has 3 aromatic heterocycles. The molecule has 0 atom stereocenters. The van der Waals surface area contributed by atoms with Crippen LogP contribution in [-0.4, -0.2) is 25.8 Å². The predicted octanol–water partition coefficient (Wildman–Crippen LogP) is 4.75. The number of H-pyrrole nitrogens is 1. The molecule has 4 aromatic rings. The van der Waals surface area contributed by atoms with Crippen LogP contribution in [0.3, 0.4) is 0 Å². The largest absolute Gasteiger partial charge is 0.346 e. The first-order valence-electron chi connectivity index (χ1n) is 10.4. The molecule has 0 unspecified atom stereocenters. The lowest BCUT2D eigenvalue weighted by molar-refractivity contribution is 0.0953. The first-order chi connectivity index (χ1) is 15.1. The van der Waals surface area contributed by atoms with Gasteiger partial charge in [0, 0.05) is 12.6 Å². The molecule has 160 valence electrons. The summed E-state index contributed by atoms with van der Waals surface area (Å²) in [7, 11) is 0. The fourth-order valence-corrected chi connectivity index (χ4v) is 4.45. The number of carbonyl (C=O) groups excluding carboxylic acids is 1. The van der Waals surface area contributed by atoms with Crippen molar-refractivity contribution in [2.75, 3.05) is 0 Å². The molecule has 8 heteroatoms. The molecule has 0 spiro atoms. The zero-order valence-corrected chi connectivity index (χ0v) is 18.1. The van der Waals surface area contributed by atoms with Crippen LogP contribution >= 0.6 is 11.3 Å². The van der Waals surface area contributed by atoms with Gasteiger partial charge >= 0.3 is 0 Å². The van der Waals surface area contributed by atoms with E-state index in [4.69, 9.17) is 0 Å². The second-order valence-corrected chi connectivity index (χ2v) is 8.48. The van der Waals surface area contributed by atoms with Crippen LogP contribution in [-0.2, 0) is 19.4 Å². The number of aryl methyl sites for hydroxylation is 3. The number of benzene rings is 1. The topological polar surface area (TPSA) is 83.6 Å². The van der Waals surface area contributed by atoms with Crippen molar-refractivity contribution in [3.63, 3.8) is 0 Å². The smallest absolute Gasteiger partial charge is 0.263 e. The number of rotatable bonds is 9. The molecule has 0 fully saturated rings. The van der Waals surface area contributed by atoms with E-state index < -0.39 is 5.82 Å². The van der Waals surface area contributed by atoms with Crippen molar-refractivity contribution >= 4 is 28.3 Å². The molecule has 4 rings (SSSR count). The highest BCUT2D eigenvalue weighted by Crippen LogP contribution is 2.21. The van der Waals surface area contributed by atoms with Crippen LogP contribution in [0.1, 0.15) is 51.2 Å². The van der Waals surface area contributed by atoms with Gasteiger partial charge in [0.05, 0.1) is 34.0 Å². The van der Waals surface area contributed by atoms with Crippen LogP contribution in [0, 0.1) is 12.7 Å². The Labute approximate surface area is 184 Å². The molecular weight excluding hydrogens is 413 g/mol. The third kappa shape index (κ3) is 5.32. The number of aromatic amines is 1. The molecule has 0 aliphatic carbocycles. The highest BCUT2D eigenvalue weighted by Gasteiger charge is 2.16. The maximum Gasteiger partial charge on any atom is 0.263 e. The van der Waals surface area contributed by atoms with Crippen molar-refractivity contribution in [2.24, 2.45) is 0 Å². The number of hydrogen-bond acceptors (Lipinski definition) is 5. The second kappa shape index (κ2) is 9.78. The molecule has 2 N–H and O–H groups in total. The SMILES string of the molecule is Cc1nc(CCCCCc2nc3ccccc3[nH]2)sc1C(=O)NCc1ncccc1F. The molecule has 31 heavy (non-hydrogen) atoms. The first-order valence-corrected chi connectivity index (χ1v) is 11.2. The maximum atomic E-state index is 13.7. The Hall–Kier alpha value is -3.13. The van der Waals surface area contributed by atoms with Crippen LogP contribution in [0.2, 0.25) is 0 Å². The lowest BCUT2D eigenvalue weighted by atomic mass is 10.1. The van der Waals surface area contributed by atoms with E-state index >= 15 is 0 Å². The number of halogens is 1. The highest BCUT2D eigenvalue weighted by atomic mass is 32.1. The van der Waals surface area contributed by atoms with Crippen LogP contribution in [0.4, 0.5) is 4.39 Å². The molecule has 6 nitrogen and oxygen atoms in total. The number of hydrogen-bond donors (Lipinski definition) is 2. The minimum absolute atomic E-state index is 0.0555. The Morgan fingerprint density at radius 1 is 1.10 bits per heavy atom. The van der Waals surface area contributed by atoms with E-state index in [1.165, 1.54) is 29.7 Å². The van der Waals surface area contributed by atoms with E-state index in [0.717, 1.165) is 54.0 Å². The minimum Gasteiger partial charge on any atom is -0.346 e. The number of nitrogens with zero attached hydrogens (tertiary/aromatic N) is 3. The third-order valence-corrected chi connectivity index (χ3v) is 6.26. The van der Waals surface area contributed by atoms with E-state index in [1.807, 2.05) is 31.2 Å². The molecule has 0 aliphatic heterocycles. The minimum atomic E-state index is -0.424. The molecule has 3 heterocycles. The van der Waals surface area contributed by atoms with Crippen LogP contribution in [0.15, 0.2) is 42.6 Å². The third-order valence-electron chi connectivity index (χ3n) is 5.04. The fraction of sp³-hybridized carbons (Fsp3) is 0.304. The molecule has 0 aliphatic rings. The summed E-state index contributed by atoms with van der Waals surface area (Å²) in [6.07, 6.45) is 6.39. The van der Waals surface area contributed by atoms with Gasteiger partial charge in [-0.15, -0.1) is 11.3 Å². The van der Waals surface area contributed by atoms with Gasteiger partial charge in [-0.25, -0.2) is 14.4 Å². The number of aromatic nitrogens is 4. The summed E-state index contributed by atoms with van der Waals surface area (Å²) in [5.41, 5.74) is 3.02. The Balaban J connectivity index is 1.23. The summed E-state index contributed by atoms with van der Waals surface area (Å²) in [5.74, 6) is 0.359. The lowest BCUT2D eigenvalue weighted by Crippen LogP contribution is -2.23. The summed E-state index contributed by atoms with van der Waals surface area (Å²) in [6, 6.07) is 10.9. The second-order valence-electron chi connectivity index (χ2n) is 7.40. The number of imidazole rings is 1. The van der Waals surface area contributed by atoms with Gasteiger partial charge < -0.3 is 10.3 Å². The average Bonchev–Trinajstić information content (AvgIpc) is 3.35. The fourth-order valence-electron chi connectivity index (χ4n) is 3.43. The first kappa shape index (κ1) is 21.1. The zero-order chi connectivity index (χ0) is 21.6. The van der Waals surface area contributed by atoms with E-state index in [2.05, 4.69) is 25.3 Å². The van der Waals surface area contributed by atoms with Gasteiger partial charge in [-0.1, -0.05) is 18.6 Å². The quantitative estimate of drug-likeness (QED) is 0.370. The van der Waals surface area contributed by atoms with Gasteiger partial charge in [-0.05, 0) is 50.5 Å². The predicted molar refractivity (Wildman–Crippen MR) is 120 cm³/mol. The molecule has 0 saturated heterocycles. The molecule has 0 saturated carbocycles. The van der Waals surface area contributed by atoms with Gasteiger partial charge in [0.25, 0.3) is 5.91 Å². The number of unbranched alkanes of at least 4 members (excludes halogenated alkanes) is 2. The van der Waals surface area contributed by atoms with Crippen LogP contribution in [0.5, 0.6) is 0 Å². The summed E-state index contributed by atoms with van der Waals surface area (Å²) in [6.45, 7) is 1.89. The standard InChI is InChI=1S/C23H24FN5OS/c1-15-22(23(30)26-14-19-16(24)8-7-13-25-19)31-21(27-15)12-4-2-3-11-20-28-17-9-5-6-10-18(17)29-20/h5-10,13H,2-4,11-12,14H2,1H3,(H,26,30)(H,28,29). The summed E-state index contributed by atoms with van der Waals surface area (Å²) in [4.78, 5) is 29.5. The Morgan fingerprint density at radius 3 is 2.77 bits per heavy atom. The number of carbonyl (C=O) groups is 1. The highest BCUT2D eigenvalue weighted by molar-refractivity contribution is 7.13. The Kier molecular flexibility index (Phi) is 6.66. The number of nitrogens with one attached hydrogen (secondary N) is 2. The Morgan fingerprint density at radius 2 is 1.94 bits per heavy atom.